The minimum Gasteiger partial charge on any atom is -0.389 e. The molecule has 0 spiro atoms. The Morgan fingerprint density at radius 2 is 1.12 bits per heavy atom. The second-order valence-corrected chi connectivity index (χ2v) is 5.76. The lowest BCUT2D eigenvalue weighted by Crippen LogP contribution is -2.24. The van der Waals surface area contributed by atoms with Crippen LogP contribution in [-0.4, -0.2) is 51.6 Å². The Hall–Kier alpha value is -3.46. The van der Waals surface area contributed by atoms with Crippen molar-refractivity contribution < 1.29 is 5.11 Å². The summed E-state index contributed by atoms with van der Waals surface area (Å²) in [4.78, 5) is 0. The summed E-state index contributed by atoms with van der Waals surface area (Å²) in [6.07, 6.45) is -0.757. The molecule has 0 aliphatic carbocycles. The van der Waals surface area contributed by atoms with Crippen LogP contribution >= 0.6 is 0 Å². The van der Waals surface area contributed by atoms with Crippen molar-refractivity contribution in [2.45, 2.75) is 19.2 Å². The van der Waals surface area contributed by atoms with Crippen LogP contribution < -0.4 is 0 Å². The zero-order valence-electron chi connectivity index (χ0n) is 13.8. The molecule has 1 N–H and O–H groups in total. The summed E-state index contributed by atoms with van der Waals surface area (Å²) in [5.41, 5.74) is 1.77. The van der Waals surface area contributed by atoms with Gasteiger partial charge in [0, 0.05) is 11.1 Å². The molecule has 0 aliphatic rings. The predicted octanol–water partition coefficient (Wildman–Crippen LogP) is 1.05. The minimum atomic E-state index is -0.757. The lowest BCUT2D eigenvalue weighted by molar-refractivity contribution is 0.125. The van der Waals surface area contributed by atoms with Gasteiger partial charge in [-0.2, -0.15) is 0 Å². The number of rotatable bonds is 6. The number of hydrogen-bond donors (Lipinski definition) is 1. The average Bonchev–Trinajstić information content (AvgIpc) is 3.32. The summed E-state index contributed by atoms with van der Waals surface area (Å²) in [6.45, 7) is 0.455. The SMILES string of the molecule is OC(Cn1nnnc1-c1ccccc1)Cn1nnnc1-c1ccccc1. The number of tetrazole rings is 2. The molecule has 0 aliphatic heterocycles. The van der Waals surface area contributed by atoms with Crippen LogP contribution in [0.5, 0.6) is 0 Å². The summed E-state index contributed by atoms with van der Waals surface area (Å²) in [5, 5.41) is 34.0. The zero-order valence-corrected chi connectivity index (χ0v) is 13.8. The number of hydrogen-bond acceptors (Lipinski definition) is 7. The van der Waals surface area contributed by atoms with E-state index in [-0.39, 0.29) is 13.1 Å². The third-order valence-electron chi connectivity index (χ3n) is 3.90. The van der Waals surface area contributed by atoms with Crippen LogP contribution in [-0.2, 0) is 13.1 Å². The molecule has 0 fully saturated rings. The summed E-state index contributed by atoms with van der Waals surface area (Å²) in [7, 11) is 0. The third-order valence-corrected chi connectivity index (χ3v) is 3.90. The third kappa shape index (κ3) is 3.33. The molecule has 2 heterocycles. The maximum atomic E-state index is 10.5. The van der Waals surface area contributed by atoms with Gasteiger partial charge in [0.15, 0.2) is 11.6 Å². The van der Waals surface area contributed by atoms with E-state index in [2.05, 4.69) is 31.1 Å². The van der Waals surface area contributed by atoms with Crippen LogP contribution in [0.15, 0.2) is 60.7 Å². The molecular formula is C17H16N8O. The lowest BCUT2D eigenvalue weighted by Gasteiger charge is -2.12. The van der Waals surface area contributed by atoms with E-state index >= 15 is 0 Å². The van der Waals surface area contributed by atoms with E-state index < -0.39 is 6.10 Å². The van der Waals surface area contributed by atoms with Gasteiger partial charge in [0.2, 0.25) is 0 Å². The molecule has 2 aromatic carbocycles. The van der Waals surface area contributed by atoms with Crippen molar-refractivity contribution >= 4 is 0 Å². The molecule has 9 heteroatoms. The van der Waals surface area contributed by atoms with E-state index in [0.717, 1.165) is 11.1 Å². The Balaban J connectivity index is 1.51. The number of aliphatic hydroxyl groups excluding tert-OH is 1. The Bertz CT molecular complexity index is 887. The normalized spacial score (nSPS) is 11.2. The zero-order chi connectivity index (χ0) is 17.8. The highest BCUT2D eigenvalue weighted by molar-refractivity contribution is 5.54. The summed E-state index contributed by atoms with van der Waals surface area (Å²) < 4.78 is 3.15. The van der Waals surface area contributed by atoms with Crippen LogP contribution in [0.1, 0.15) is 0 Å². The van der Waals surface area contributed by atoms with Crippen molar-refractivity contribution in [3.63, 3.8) is 0 Å². The predicted molar refractivity (Wildman–Crippen MR) is 92.5 cm³/mol. The molecule has 0 bridgehead atoms. The fourth-order valence-electron chi connectivity index (χ4n) is 2.70. The minimum absolute atomic E-state index is 0.227. The van der Waals surface area contributed by atoms with Crippen LogP contribution in [0.2, 0.25) is 0 Å². The fourth-order valence-corrected chi connectivity index (χ4v) is 2.70. The molecule has 0 saturated heterocycles. The molecule has 0 atom stereocenters. The van der Waals surface area contributed by atoms with Gasteiger partial charge in [0.1, 0.15) is 0 Å². The first-order valence-electron chi connectivity index (χ1n) is 8.12. The Morgan fingerprint density at radius 1 is 0.692 bits per heavy atom. The number of nitrogens with zero attached hydrogens (tertiary/aromatic N) is 8. The molecule has 0 saturated carbocycles. The lowest BCUT2D eigenvalue weighted by atomic mass is 10.2. The van der Waals surface area contributed by atoms with Crippen LogP contribution in [0.25, 0.3) is 22.8 Å². The van der Waals surface area contributed by atoms with Crippen LogP contribution in [0.3, 0.4) is 0 Å². The summed E-state index contributed by atoms with van der Waals surface area (Å²) >= 11 is 0. The highest BCUT2D eigenvalue weighted by atomic mass is 16.3. The molecule has 9 nitrogen and oxygen atoms in total. The van der Waals surface area contributed by atoms with Crippen molar-refractivity contribution in [2.24, 2.45) is 0 Å². The van der Waals surface area contributed by atoms with Crippen molar-refractivity contribution in [3.05, 3.63) is 60.7 Å². The van der Waals surface area contributed by atoms with Crippen molar-refractivity contribution in [1.82, 2.24) is 40.4 Å². The number of aliphatic hydroxyl groups is 1. The van der Waals surface area contributed by atoms with Gasteiger partial charge in [-0.05, 0) is 20.9 Å². The van der Waals surface area contributed by atoms with Gasteiger partial charge in [0.05, 0.1) is 19.2 Å². The van der Waals surface area contributed by atoms with E-state index in [4.69, 9.17) is 0 Å². The van der Waals surface area contributed by atoms with E-state index in [1.165, 1.54) is 0 Å². The molecule has 26 heavy (non-hydrogen) atoms. The highest BCUT2D eigenvalue weighted by Gasteiger charge is 2.16. The second kappa shape index (κ2) is 7.19. The number of benzene rings is 2. The molecule has 0 radical (unpaired) electrons. The van der Waals surface area contributed by atoms with Gasteiger partial charge in [-0.3, -0.25) is 0 Å². The second-order valence-electron chi connectivity index (χ2n) is 5.76. The fraction of sp³-hybridized carbons (Fsp3) is 0.176. The topological polar surface area (TPSA) is 107 Å². The van der Waals surface area contributed by atoms with E-state index in [1.807, 2.05) is 60.7 Å². The standard InChI is InChI=1S/C17H16N8O/c26-15(11-24-16(18-20-22-24)13-7-3-1-4-8-13)12-25-17(19-21-23-25)14-9-5-2-6-10-14/h1-10,15,26H,11-12H2. The summed E-state index contributed by atoms with van der Waals surface area (Å²) in [5.74, 6) is 1.20. The molecule has 4 aromatic rings. The van der Waals surface area contributed by atoms with Gasteiger partial charge in [-0.25, -0.2) is 9.36 Å². The molecular weight excluding hydrogens is 332 g/mol. The quantitative estimate of drug-likeness (QED) is 0.555. The van der Waals surface area contributed by atoms with E-state index in [0.29, 0.717) is 11.6 Å². The molecule has 130 valence electrons. The van der Waals surface area contributed by atoms with Gasteiger partial charge in [-0.1, -0.05) is 60.7 Å². The maximum absolute atomic E-state index is 10.5. The maximum Gasteiger partial charge on any atom is 0.182 e. The van der Waals surface area contributed by atoms with Gasteiger partial charge in [0.25, 0.3) is 0 Å². The Morgan fingerprint density at radius 3 is 1.54 bits per heavy atom. The summed E-state index contributed by atoms with van der Waals surface area (Å²) in [6, 6.07) is 19.2. The van der Waals surface area contributed by atoms with Crippen molar-refractivity contribution in [1.29, 1.82) is 0 Å². The monoisotopic (exact) mass is 348 g/mol. The first-order valence-corrected chi connectivity index (χ1v) is 8.12. The first kappa shape index (κ1) is 16.0. The molecule has 0 unspecified atom stereocenters. The Kier molecular flexibility index (Phi) is 4.44. The molecule has 2 aromatic heterocycles. The van der Waals surface area contributed by atoms with Crippen molar-refractivity contribution in [2.75, 3.05) is 0 Å². The number of aromatic nitrogens is 8. The van der Waals surface area contributed by atoms with Crippen LogP contribution in [0, 0.1) is 0 Å². The van der Waals surface area contributed by atoms with Gasteiger partial charge in [-0.15, -0.1) is 10.2 Å². The Labute approximate surface area is 148 Å². The highest BCUT2D eigenvalue weighted by Crippen LogP contribution is 2.17. The van der Waals surface area contributed by atoms with E-state index in [9.17, 15) is 5.11 Å². The molecule has 0 amide bonds. The van der Waals surface area contributed by atoms with Gasteiger partial charge >= 0.3 is 0 Å². The molecule has 4 rings (SSSR count). The smallest absolute Gasteiger partial charge is 0.182 e. The average molecular weight is 348 g/mol. The largest absolute Gasteiger partial charge is 0.389 e. The van der Waals surface area contributed by atoms with E-state index in [1.54, 1.807) is 9.36 Å². The van der Waals surface area contributed by atoms with Crippen molar-refractivity contribution in [3.8, 4) is 22.8 Å². The van der Waals surface area contributed by atoms with Gasteiger partial charge < -0.3 is 5.11 Å². The van der Waals surface area contributed by atoms with Crippen LogP contribution in [0.4, 0.5) is 0 Å². The first-order chi connectivity index (χ1) is 12.8.